The van der Waals surface area contributed by atoms with Gasteiger partial charge in [-0.15, -0.1) is 0 Å². The molecule has 5 rings (SSSR count). The topological polar surface area (TPSA) is 118 Å². The molecule has 2 aliphatic rings. The number of hydrogen-bond acceptors (Lipinski definition) is 8. The van der Waals surface area contributed by atoms with Crippen molar-refractivity contribution < 1.29 is 23.5 Å². The van der Waals surface area contributed by atoms with E-state index in [1.54, 1.807) is 29.2 Å². The summed E-state index contributed by atoms with van der Waals surface area (Å²) in [5, 5.41) is 0.188. The molecule has 10 nitrogen and oxygen atoms in total. The highest BCUT2D eigenvalue weighted by Gasteiger charge is 2.43. The standard InChI is InChI=1S/C36H42ClFN6O4/c1-18(2)29-27(30(19(3)4)40-26(17-45)39-29)28-32-23(14-24(37)31(41-32)22-12-10-11-13-25(22)38)33(42-34(28)46)43-15-21(6)44(16-20(43)5)35(47)48-36(7,8)9/h10-14,17-21,28H,15-16H2,1-9H3/t20-,21+,28?/m0/s1. The van der Waals surface area contributed by atoms with E-state index in [4.69, 9.17) is 26.3 Å². The normalized spacial score (nSPS) is 19.8. The van der Waals surface area contributed by atoms with Crippen LogP contribution in [0.3, 0.4) is 0 Å². The zero-order valence-corrected chi connectivity index (χ0v) is 29.6. The zero-order chi connectivity index (χ0) is 35.2. The molecule has 2 aromatic heterocycles. The number of piperazine rings is 1. The Morgan fingerprint density at radius 1 is 1.00 bits per heavy atom. The van der Waals surface area contributed by atoms with Gasteiger partial charge < -0.3 is 14.5 Å². The van der Waals surface area contributed by atoms with Gasteiger partial charge in [-0.1, -0.05) is 51.4 Å². The SMILES string of the molecule is CC(C)c1nc(C=O)nc(C(C)C)c1C1C(=O)N=C(N2C[C@@H](C)N(C(=O)OC(C)(C)C)C[C@@H]2C)c2cc(Cl)c(-c3ccccc3F)nc21. The molecule has 0 bridgehead atoms. The molecule has 0 saturated carbocycles. The molecule has 3 aromatic rings. The Balaban J connectivity index is 1.71. The number of aromatic nitrogens is 3. The van der Waals surface area contributed by atoms with Gasteiger partial charge in [-0.05, 0) is 64.7 Å². The van der Waals surface area contributed by atoms with Crippen molar-refractivity contribution >= 4 is 35.7 Å². The fraction of sp³-hybridized carbons (Fsp3) is 0.472. The number of aliphatic imine (C=N–C) groups is 1. The van der Waals surface area contributed by atoms with Crippen LogP contribution in [0.25, 0.3) is 11.3 Å². The summed E-state index contributed by atoms with van der Waals surface area (Å²) >= 11 is 6.88. The average Bonchev–Trinajstić information content (AvgIpc) is 3.00. The van der Waals surface area contributed by atoms with Crippen molar-refractivity contribution in [2.24, 2.45) is 4.99 Å². The highest BCUT2D eigenvalue weighted by molar-refractivity contribution is 6.33. The third-order valence-electron chi connectivity index (χ3n) is 8.51. The summed E-state index contributed by atoms with van der Waals surface area (Å²) in [6.07, 6.45) is 0.187. The van der Waals surface area contributed by atoms with Crippen molar-refractivity contribution in [2.75, 3.05) is 13.1 Å². The molecule has 12 heteroatoms. The average molecular weight is 677 g/mol. The smallest absolute Gasteiger partial charge is 0.410 e. The molecular formula is C36H42ClFN6O4. The molecule has 2 aliphatic heterocycles. The van der Waals surface area contributed by atoms with Crippen LogP contribution in [-0.2, 0) is 9.53 Å². The van der Waals surface area contributed by atoms with E-state index < -0.39 is 29.3 Å². The van der Waals surface area contributed by atoms with Crippen LogP contribution in [0.4, 0.5) is 9.18 Å². The van der Waals surface area contributed by atoms with E-state index in [2.05, 4.69) is 9.97 Å². The Hall–Kier alpha value is -4.25. The zero-order valence-electron chi connectivity index (χ0n) is 28.8. The molecule has 0 radical (unpaired) electrons. The largest absolute Gasteiger partial charge is 0.444 e. The monoisotopic (exact) mass is 676 g/mol. The number of aldehydes is 1. The molecule has 4 heterocycles. The summed E-state index contributed by atoms with van der Waals surface area (Å²) in [5.41, 5.74) is 2.19. The van der Waals surface area contributed by atoms with Crippen LogP contribution in [-0.4, -0.2) is 79.6 Å². The molecule has 3 atom stereocenters. The Morgan fingerprint density at radius 3 is 2.19 bits per heavy atom. The number of amidine groups is 1. The minimum absolute atomic E-state index is 0.0283. The summed E-state index contributed by atoms with van der Waals surface area (Å²) in [4.78, 5) is 61.8. The van der Waals surface area contributed by atoms with Gasteiger partial charge in [0.05, 0.1) is 27.8 Å². The van der Waals surface area contributed by atoms with Crippen LogP contribution in [0.2, 0.25) is 5.02 Å². The number of benzene rings is 1. The second-order valence-corrected chi connectivity index (χ2v) is 14.5. The lowest BCUT2D eigenvalue weighted by Gasteiger charge is -2.46. The maximum atomic E-state index is 15.2. The van der Waals surface area contributed by atoms with Gasteiger partial charge in [0.1, 0.15) is 23.2 Å². The lowest BCUT2D eigenvalue weighted by Crippen LogP contribution is -2.60. The van der Waals surface area contributed by atoms with Crippen molar-refractivity contribution in [1.82, 2.24) is 24.8 Å². The Bertz CT molecular complexity index is 1770. The molecule has 0 N–H and O–H groups in total. The molecule has 1 aromatic carbocycles. The first-order chi connectivity index (χ1) is 22.5. The van der Waals surface area contributed by atoms with E-state index in [1.807, 2.05) is 67.2 Å². The molecule has 2 amide bonds. The maximum Gasteiger partial charge on any atom is 0.410 e. The summed E-state index contributed by atoms with van der Waals surface area (Å²) < 4.78 is 20.8. The number of carbonyl (C=O) groups is 3. The van der Waals surface area contributed by atoms with Gasteiger partial charge in [0.2, 0.25) is 0 Å². The first-order valence-corrected chi connectivity index (χ1v) is 16.6. The quantitative estimate of drug-likeness (QED) is 0.262. The Kier molecular flexibility index (Phi) is 9.74. The predicted molar refractivity (Wildman–Crippen MR) is 182 cm³/mol. The number of fused-ring (bicyclic) bond motifs is 1. The van der Waals surface area contributed by atoms with Crippen LogP contribution in [0.15, 0.2) is 35.3 Å². The fourth-order valence-corrected chi connectivity index (χ4v) is 6.57. The number of hydrogen-bond donors (Lipinski definition) is 0. The van der Waals surface area contributed by atoms with Crippen LogP contribution in [0.5, 0.6) is 0 Å². The number of halogens is 2. The van der Waals surface area contributed by atoms with Gasteiger partial charge in [0, 0.05) is 41.9 Å². The van der Waals surface area contributed by atoms with Gasteiger partial charge in [-0.2, -0.15) is 4.99 Å². The summed E-state index contributed by atoms with van der Waals surface area (Å²) in [5.74, 6) is -2.01. The number of rotatable bonds is 5. The molecule has 1 unspecified atom stereocenters. The third kappa shape index (κ3) is 6.70. The molecule has 0 aliphatic carbocycles. The molecule has 1 fully saturated rings. The van der Waals surface area contributed by atoms with Crippen molar-refractivity contribution in [3.63, 3.8) is 0 Å². The second kappa shape index (κ2) is 13.3. The van der Waals surface area contributed by atoms with Gasteiger partial charge in [-0.3, -0.25) is 9.59 Å². The minimum Gasteiger partial charge on any atom is -0.444 e. The number of carbonyl (C=O) groups excluding carboxylic acids is 3. The lowest BCUT2D eigenvalue weighted by atomic mass is 9.82. The maximum absolute atomic E-state index is 15.2. The molecule has 254 valence electrons. The summed E-state index contributed by atoms with van der Waals surface area (Å²) in [7, 11) is 0. The fourth-order valence-electron chi connectivity index (χ4n) is 6.32. The van der Waals surface area contributed by atoms with Crippen LogP contribution < -0.4 is 0 Å². The number of nitrogens with zero attached hydrogens (tertiary/aromatic N) is 6. The summed E-state index contributed by atoms with van der Waals surface area (Å²) in [6, 6.07) is 7.34. The van der Waals surface area contributed by atoms with Crippen LogP contribution >= 0.6 is 11.6 Å². The van der Waals surface area contributed by atoms with Gasteiger partial charge >= 0.3 is 6.09 Å². The van der Waals surface area contributed by atoms with Gasteiger partial charge in [0.25, 0.3) is 5.91 Å². The minimum atomic E-state index is -1.04. The second-order valence-electron chi connectivity index (χ2n) is 14.1. The Morgan fingerprint density at radius 2 is 1.62 bits per heavy atom. The van der Waals surface area contributed by atoms with Crippen LogP contribution in [0.1, 0.15) is 119 Å². The highest BCUT2D eigenvalue weighted by atomic mass is 35.5. The van der Waals surface area contributed by atoms with E-state index in [1.165, 1.54) is 6.07 Å². The van der Waals surface area contributed by atoms with E-state index in [0.717, 1.165) is 0 Å². The summed E-state index contributed by atoms with van der Waals surface area (Å²) in [6.45, 7) is 17.7. The molecular weight excluding hydrogens is 635 g/mol. The van der Waals surface area contributed by atoms with Crippen molar-refractivity contribution in [2.45, 2.75) is 97.8 Å². The van der Waals surface area contributed by atoms with E-state index in [-0.39, 0.29) is 46.0 Å². The predicted octanol–water partition coefficient (Wildman–Crippen LogP) is 7.14. The van der Waals surface area contributed by atoms with Gasteiger partial charge in [0.15, 0.2) is 12.1 Å². The van der Waals surface area contributed by atoms with E-state index in [9.17, 15) is 14.4 Å². The molecule has 0 spiro atoms. The highest BCUT2D eigenvalue weighted by Crippen LogP contribution is 2.42. The molecule has 48 heavy (non-hydrogen) atoms. The van der Waals surface area contributed by atoms with Crippen molar-refractivity contribution in [3.05, 3.63) is 75.2 Å². The lowest BCUT2D eigenvalue weighted by molar-refractivity contribution is -0.118. The molecule has 1 saturated heterocycles. The number of ether oxygens (including phenoxy) is 1. The Labute approximate surface area is 285 Å². The number of pyridine rings is 1. The first-order valence-electron chi connectivity index (χ1n) is 16.2. The van der Waals surface area contributed by atoms with Crippen molar-refractivity contribution in [3.8, 4) is 11.3 Å². The first kappa shape index (κ1) is 35.1. The van der Waals surface area contributed by atoms with Crippen LogP contribution in [0, 0.1) is 5.82 Å². The van der Waals surface area contributed by atoms with E-state index >= 15 is 4.39 Å². The van der Waals surface area contributed by atoms with Crippen molar-refractivity contribution in [1.29, 1.82) is 0 Å². The third-order valence-corrected chi connectivity index (χ3v) is 8.80. The number of amides is 2. The van der Waals surface area contributed by atoms with E-state index in [0.29, 0.717) is 53.4 Å². The van der Waals surface area contributed by atoms with Gasteiger partial charge in [-0.25, -0.2) is 24.1 Å².